The van der Waals surface area contributed by atoms with Gasteiger partial charge in [0.1, 0.15) is 0 Å². The second-order valence-electron chi connectivity index (χ2n) is 6.55. The first kappa shape index (κ1) is 16.4. The molecule has 1 amide bonds. The molecule has 17 heavy (non-hydrogen) atoms. The van der Waals surface area contributed by atoms with Gasteiger partial charge in [-0.3, -0.25) is 4.79 Å². The summed E-state index contributed by atoms with van der Waals surface area (Å²) in [7, 11) is 1.89. The molecule has 3 heteroatoms. The Morgan fingerprint density at radius 2 is 1.71 bits per heavy atom. The van der Waals surface area contributed by atoms with Crippen LogP contribution in [-0.4, -0.2) is 30.4 Å². The minimum absolute atomic E-state index is 0.0372. The minimum atomic E-state index is -0.0372. The molecule has 3 nitrogen and oxygen atoms in total. The Balaban J connectivity index is 4.67. The average molecular weight is 242 g/mol. The van der Waals surface area contributed by atoms with Gasteiger partial charge in [0.05, 0.1) is 5.92 Å². The summed E-state index contributed by atoms with van der Waals surface area (Å²) in [5.74, 6) is 0.652. The highest BCUT2D eigenvalue weighted by Crippen LogP contribution is 2.25. The highest BCUT2D eigenvalue weighted by atomic mass is 16.2. The van der Waals surface area contributed by atoms with Crippen LogP contribution in [0.3, 0.4) is 0 Å². The summed E-state index contributed by atoms with van der Waals surface area (Å²) >= 11 is 0. The summed E-state index contributed by atoms with van der Waals surface area (Å²) in [6.45, 7) is 13.3. The maximum atomic E-state index is 12.3. The van der Waals surface area contributed by atoms with Gasteiger partial charge in [-0.1, -0.05) is 34.6 Å². The number of carbonyl (C=O) groups is 1. The van der Waals surface area contributed by atoms with Gasteiger partial charge in [0.15, 0.2) is 0 Å². The normalized spacial score (nSPS) is 15.8. The molecule has 0 saturated heterocycles. The lowest BCUT2D eigenvalue weighted by molar-refractivity contribution is -0.138. The third-order valence-corrected chi connectivity index (χ3v) is 3.57. The number of nitrogens with zero attached hydrogens (tertiary/aromatic N) is 1. The van der Waals surface area contributed by atoms with Gasteiger partial charge >= 0.3 is 0 Å². The molecule has 0 spiro atoms. The number of rotatable bonds is 5. The van der Waals surface area contributed by atoms with Gasteiger partial charge < -0.3 is 10.6 Å². The van der Waals surface area contributed by atoms with Crippen molar-refractivity contribution in [2.45, 2.75) is 54.0 Å². The van der Waals surface area contributed by atoms with Crippen molar-refractivity contribution in [1.29, 1.82) is 0 Å². The lowest BCUT2D eigenvalue weighted by Gasteiger charge is -2.37. The maximum absolute atomic E-state index is 12.3. The van der Waals surface area contributed by atoms with Gasteiger partial charge in [0.25, 0.3) is 0 Å². The maximum Gasteiger partial charge on any atom is 0.226 e. The zero-order chi connectivity index (χ0) is 13.8. The van der Waals surface area contributed by atoms with Crippen molar-refractivity contribution in [2.24, 2.45) is 23.0 Å². The first-order valence-electron chi connectivity index (χ1n) is 6.58. The zero-order valence-corrected chi connectivity index (χ0v) is 12.6. The number of carbonyl (C=O) groups excluding carboxylic acids is 1. The number of amides is 1. The van der Waals surface area contributed by atoms with E-state index in [4.69, 9.17) is 5.73 Å². The number of hydrogen-bond acceptors (Lipinski definition) is 2. The molecule has 0 aliphatic heterocycles. The van der Waals surface area contributed by atoms with E-state index < -0.39 is 0 Å². The summed E-state index contributed by atoms with van der Waals surface area (Å²) in [6, 6.07) is 0.219. The van der Waals surface area contributed by atoms with Crippen molar-refractivity contribution in [3.8, 4) is 0 Å². The molecular formula is C14H30N2O. The van der Waals surface area contributed by atoms with Crippen LogP contribution in [0.1, 0.15) is 48.0 Å². The molecule has 0 fully saturated rings. The van der Waals surface area contributed by atoms with Crippen LogP contribution >= 0.6 is 0 Å². The van der Waals surface area contributed by atoms with Gasteiger partial charge in [0, 0.05) is 19.6 Å². The largest absolute Gasteiger partial charge is 0.342 e. The molecule has 0 rings (SSSR count). The molecular weight excluding hydrogens is 212 g/mol. The SMILES string of the molecule is CC(C)CC(CN)C(=O)N(C)C(C)C(C)(C)C. The van der Waals surface area contributed by atoms with Crippen LogP contribution in [0.2, 0.25) is 0 Å². The van der Waals surface area contributed by atoms with Crippen molar-refractivity contribution in [1.82, 2.24) is 4.90 Å². The van der Waals surface area contributed by atoms with E-state index in [-0.39, 0.29) is 23.3 Å². The monoisotopic (exact) mass is 242 g/mol. The van der Waals surface area contributed by atoms with Gasteiger partial charge in [-0.15, -0.1) is 0 Å². The second-order valence-corrected chi connectivity index (χ2v) is 6.55. The van der Waals surface area contributed by atoms with Gasteiger partial charge in [-0.25, -0.2) is 0 Å². The second kappa shape index (κ2) is 6.39. The predicted molar refractivity (Wildman–Crippen MR) is 73.7 cm³/mol. The molecule has 0 aromatic rings. The molecule has 0 heterocycles. The highest BCUT2D eigenvalue weighted by Gasteiger charge is 2.30. The smallest absolute Gasteiger partial charge is 0.226 e. The van der Waals surface area contributed by atoms with Crippen molar-refractivity contribution in [2.75, 3.05) is 13.6 Å². The zero-order valence-electron chi connectivity index (χ0n) is 12.6. The fourth-order valence-electron chi connectivity index (χ4n) is 1.93. The van der Waals surface area contributed by atoms with E-state index in [1.165, 1.54) is 0 Å². The predicted octanol–water partition coefficient (Wildman–Crippen LogP) is 2.50. The standard InChI is InChI=1S/C14H30N2O/c1-10(2)8-12(9-15)13(17)16(7)11(3)14(4,5)6/h10-12H,8-9,15H2,1-7H3. The van der Waals surface area contributed by atoms with Crippen molar-refractivity contribution in [3.05, 3.63) is 0 Å². The van der Waals surface area contributed by atoms with Crippen LogP contribution in [-0.2, 0) is 4.79 Å². The first-order valence-corrected chi connectivity index (χ1v) is 6.58. The lowest BCUT2D eigenvalue weighted by Crippen LogP contribution is -2.47. The van der Waals surface area contributed by atoms with Crippen molar-refractivity contribution in [3.63, 3.8) is 0 Å². The van der Waals surface area contributed by atoms with Crippen molar-refractivity contribution >= 4 is 5.91 Å². The molecule has 2 unspecified atom stereocenters. The van der Waals surface area contributed by atoms with Crippen LogP contribution in [0, 0.1) is 17.3 Å². The molecule has 0 radical (unpaired) electrons. The summed E-state index contributed by atoms with van der Waals surface area (Å²) in [4.78, 5) is 14.2. The van der Waals surface area contributed by atoms with Crippen LogP contribution in [0.15, 0.2) is 0 Å². The fraction of sp³-hybridized carbons (Fsp3) is 0.929. The minimum Gasteiger partial charge on any atom is -0.342 e. The molecule has 0 bridgehead atoms. The van der Waals surface area contributed by atoms with Crippen LogP contribution in [0.25, 0.3) is 0 Å². The average Bonchev–Trinajstić information content (AvgIpc) is 2.21. The molecule has 0 aliphatic carbocycles. The molecule has 0 aliphatic rings. The van der Waals surface area contributed by atoms with Crippen LogP contribution in [0.4, 0.5) is 0 Å². The summed E-state index contributed by atoms with van der Waals surface area (Å²) < 4.78 is 0. The molecule has 0 aromatic carbocycles. The Morgan fingerprint density at radius 1 is 1.24 bits per heavy atom. The fourth-order valence-corrected chi connectivity index (χ4v) is 1.93. The summed E-state index contributed by atoms with van der Waals surface area (Å²) in [6.07, 6.45) is 0.872. The van der Waals surface area contributed by atoms with Gasteiger partial charge in [-0.2, -0.15) is 0 Å². The first-order chi connectivity index (χ1) is 7.61. The lowest BCUT2D eigenvalue weighted by atomic mass is 9.86. The molecule has 2 atom stereocenters. The Labute approximate surface area is 107 Å². The summed E-state index contributed by atoms with van der Waals surface area (Å²) in [5.41, 5.74) is 5.82. The third-order valence-electron chi connectivity index (χ3n) is 3.57. The van der Waals surface area contributed by atoms with E-state index in [2.05, 4.69) is 41.5 Å². The van der Waals surface area contributed by atoms with E-state index in [1.54, 1.807) is 0 Å². The van der Waals surface area contributed by atoms with E-state index >= 15 is 0 Å². The molecule has 102 valence electrons. The van der Waals surface area contributed by atoms with Crippen molar-refractivity contribution < 1.29 is 4.79 Å². The summed E-state index contributed by atoms with van der Waals surface area (Å²) in [5, 5.41) is 0. The number of nitrogens with two attached hydrogens (primary N) is 1. The van der Waals surface area contributed by atoms with E-state index in [9.17, 15) is 4.79 Å². The number of hydrogen-bond donors (Lipinski definition) is 1. The molecule has 0 aromatic heterocycles. The van der Waals surface area contributed by atoms with Gasteiger partial charge in [-0.05, 0) is 24.7 Å². The van der Waals surface area contributed by atoms with Crippen LogP contribution in [0.5, 0.6) is 0 Å². The van der Waals surface area contributed by atoms with E-state index in [0.717, 1.165) is 6.42 Å². The quantitative estimate of drug-likeness (QED) is 0.805. The Bertz CT molecular complexity index is 243. The molecule has 0 saturated carbocycles. The van der Waals surface area contributed by atoms with Gasteiger partial charge in [0.2, 0.25) is 5.91 Å². The van der Waals surface area contributed by atoms with Crippen LogP contribution < -0.4 is 5.73 Å². The Kier molecular flexibility index (Phi) is 6.17. The Morgan fingerprint density at radius 3 is 2.00 bits per heavy atom. The topological polar surface area (TPSA) is 46.3 Å². The molecule has 2 N–H and O–H groups in total. The third kappa shape index (κ3) is 5.07. The van der Waals surface area contributed by atoms with E-state index in [0.29, 0.717) is 12.5 Å². The Hall–Kier alpha value is -0.570. The van der Waals surface area contributed by atoms with E-state index in [1.807, 2.05) is 11.9 Å². The highest BCUT2D eigenvalue weighted by molar-refractivity contribution is 5.79.